The Morgan fingerprint density at radius 2 is 1.38 bits per heavy atom. The van der Waals surface area contributed by atoms with Gasteiger partial charge in [-0.2, -0.15) is 0 Å². The highest BCUT2D eigenvalue weighted by atomic mass is 16.3. The molecule has 4 heterocycles. The molecule has 0 saturated heterocycles. The molecule has 0 atom stereocenters. The highest BCUT2D eigenvalue weighted by Gasteiger charge is 2.40. The van der Waals surface area contributed by atoms with Gasteiger partial charge in [-0.1, -0.05) is 48.5 Å². The number of hydrogen-bond donors (Lipinski definition) is 3. The van der Waals surface area contributed by atoms with Crippen molar-refractivity contribution in [1.82, 2.24) is 4.58 Å². The first-order valence-electron chi connectivity index (χ1n) is 17.4. The van der Waals surface area contributed by atoms with Crippen LogP contribution in [0, 0.1) is 17.9 Å². The first-order valence-corrected chi connectivity index (χ1v) is 17.4. The monoisotopic (exact) mass is 647 g/mol. The van der Waals surface area contributed by atoms with Gasteiger partial charge in [-0.25, -0.2) is 14.7 Å². The molecule has 7 nitrogen and oxygen atoms in total. The molecule has 0 radical (unpaired) electrons. The molecule has 0 bridgehead atoms. The van der Waals surface area contributed by atoms with E-state index in [0.29, 0.717) is 28.1 Å². The summed E-state index contributed by atoms with van der Waals surface area (Å²) < 4.78 is 2.48. The molecule has 50 heavy (non-hydrogen) atoms. The molecule has 5 N–H and O–H groups in total. The van der Waals surface area contributed by atoms with Gasteiger partial charge in [-0.05, 0) is 58.0 Å². The van der Waals surface area contributed by atoms with Crippen molar-refractivity contribution < 1.29 is 5.11 Å². The molecule has 0 aromatic heterocycles. The summed E-state index contributed by atoms with van der Waals surface area (Å²) in [6.45, 7) is 12.0. The van der Waals surface area contributed by atoms with Gasteiger partial charge in [0.25, 0.3) is 5.70 Å². The van der Waals surface area contributed by atoms with Gasteiger partial charge in [0.15, 0.2) is 0 Å². The number of nitrogens with zero attached hydrogens (tertiary/aromatic N) is 4. The van der Waals surface area contributed by atoms with Crippen molar-refractivity contribution in [3.05, 3.63) is 128 Å². The average molecular weight is 648 g/mol. The van der Waals surface area contributed by atoms with E-state index in [1.54, 1.807) is 0 Å². The number of nitrogens with two attached hydrogens (primary N) is 2. The molecule has 0 fully saturated rings. The van der Waals surface area contributed by atoms with E-state index in [1.807, 2.05) is 12.1 Å². The number of rotatable bonds is 1. The molecule has 0 spiro atoms. The Morgan fingerprint density at radius 1 is 0.740 bits per heavy atom. The summed E-state index contributed by atoms with van der Waals surface area (Å²) in [5, 5.41) is 33.6. The molecule has 5 aliphatic rings. The minimum absolute atomic E-state index is 0.0538. The summed E-state index contributed by atoms with van der Waals surface area (Å²) in [6.07, 6.45) is 3.65. The summed E-state index contributed by atoms with van der Waals surface area (Å²) >= 11 is 0. The van der Waals surface area contributed by atoms with Gasteiger partial charge < -0.3 is 21.5 Å². The fraction of sp³-hybridized carbons (Fsp3) is 0.186. The van der Waals surface area contributed by atoms with Crippen molar-refractivity contribution in [1.29, 1.82) is 5.26 Å². The topological polar surface area (TPSA) is 107 Å². The second-order valence-electron chi connectivity index (χ2n) is 14.3. The molecule has 4 aliphatic heterocycles. The summed E-state index contributed by atoms with van der Waals surface area (Å²) in [5.74, 6) is 0.0736. The van der Waals surface area contributed by atoms with Gasteiger partial charge in [-0.15, -0.1) is 0 Å². The minimum Gasteiger partial charge on any atom is -0.507 e. The predicted octanol–water partition coefficient (Wildman–Crippen LogP) is 5.82. The molecular formula is C43H31N6O+. The summed E-state index contributed by atoms with van der Waals surface area (Å²) in [7, 11) is 0. The van der Waals surface area contributed by atoms with Gasteiger partial charge in [0, 0.05) is 86.4 Å². The molecule has 1 aliphatic carbocycles. The molecule has 6 aromatic rings. The van der Waals surface area contributed by atoms with Crippen LogP contribution >= 0.6 is 0 Å². The van der Waals surface area contributed by atoms with Crippen molar-refractivity contribution in [3.8, 4) is 6.07 Å². The number of aliphatic hydroxyl groups is 1. The van der Waals surface area contributed by atoms with Gasteiger partial charge >= 0.3 is 0 Å². The van der Waals surface area contributed by atoms with Crippen molar-refractivity contribution in [3.63, 3.8) is 0 Å². The number of benzene rings is 6. The van der Waals surface area contributed by atoms with Crippen molar-refractivity contribution in [2.75, 3.05) is 42.5 Å². The van der Waals surface area contributed by atoms with Crippen LogP contribution in [0.1, 0.15) is 27.8 Å². The lowest BCUT2D eigenvalue weighted by atomic mass is 9.72. The number of anilines is 3. The van der Waals surface area contributed by atoms with Crippen LogP contribution in [0.15, 0.2) is 77.7 Å². The lowest BCUT2D eigenvalue weighted by molar-refractivity contribution is 0.434. The quantitative estimate of drug-likeness (QED) is 0.0686. The average Bonchev–Trinajstić information content (AvgIpc) is 3.15. The zero-order valence-electron chi connectivity index (χ0n) is 27.3. The number of aliphatic hydroxyl groups excluding tert-OH is 1. The smallest absolute Gasteiger partial charge is 0.270 e. The van der Waals surface area contributed by atoms with Crippen LogP contribution in [0.5, 0.6) is 0 Å². The number of allylic oxidation sites excluding steroid dienone is 3. The van der Waals surface area contributed by atoms with Crippen LogP contribution in [0.25, 0.3) is 59.1 Å². The Bertz CT molecular complexity index is 2970. The summed E-state index contributed by atoms with van der Waals surface area (Å²) in [5.41, 5.74) is 23.5. The van der Waals surface area contributed by atoms with Crippen molar-refractivity contribution >= 4 is 71.3 Å². The predicted molar refractivity (Wildman–Crippen MR) is 201 cm³/mol. The Kier molecular flexibility index (Phi) is 5.21. The molecule has 0 saturated carbocycles. The fourth-order valence-electron chi connectivity index (χ4n) is 10.1. The lowest BCUT2D eigenvalue weighted by Gasteiger charge is -2.39. The van der Waals surface area contributed by atoms with Crippen LogP contribution in [0.2, 0.25) is 0 Å². The van der Waals surface area contributed by atoms with E-state index in [2.05, 4.69) is 68.9 Å². The number of nitriles is 1. The normalized spacial score (nSPS) is 19.1. The second kappa shape index (κ2) is 9.43. The van der Waals surface area contributed by atoms with Gasteiger partial charge in [-0.3, -0.25) is 0 Å². The highest BCUT2D eigenvalue weighted by Crippen LogP contribution is 2.56. The fourth-order valence-corrected chi connectivity index (χ4v) is 10.1. The zero-order valence-corrected chi connectivity index (χ0v) is 27.3. The Balaban J connectivity index is 1.40. The van der Waals surface area contributed by atoms with E-state index < -0.39 is 0 Å². The van der Waals surface area contributed by atoms with Crippen LogP contribution in [-0.2, 0) is 25.7 Å². The van der Waals surface area contributed by atoms with Gasteiger partial charge in [0.1, 0.15) is 18.8 Å². The van der Waals surface area contributed by atoms with E-state index in [4.69, 9.17) is 18.0 Å². The molecule has 0 unspecified atom stereocenters. The van der Waals surface area contributed by atoms with Crippen LogP contribution < -0.4 is 31.5 Å². The Hall–Kier alpha value is -6.31. The lowest BCUT2D eigenvalue weighted by Crippen LogP contribution is -2.42. The zero-order chi connectivity index (χ0) is 33.6. The first-order chi connectivity index (χ1) is 24.5. The maximum Gasteiger partial charge on any atom is 0.270 e. The molecule has 7 heteroatoms. The van der Waals surface area contributed by atoms with Crippen molar-refractivity contribution in [2.45, 2.75) is 25.7 Å². The highest BCUT2D eigenvalue weighted by molar-refractivity contribution is 6.29. The SMILES string of the molecule is [C-]#[N+]C(C#N)=C1C(c2c3cccc4c3c3c5c(ccc(N)c25)CCN3CC4)=C(O)/C1=c1\c2cccc3c2c2c4c(ccc(N)c14)CC[N+]=2CC3. The van der Waals surface area contributed by atoms with Crippen molar-refractivity contribution in [2.24, 2.45) is 0 Å². The molecular weight excluding hydrogens is 617 g/mol. The third kappa shape index (κ3) is 3.16. The van der Waals surface area contributed by atoms with E-state index in [-0.39, 0.29) is 11.5 Å². The Labute approximate surface area is 287 Å². The Morgan fingerprint density at radius 3 is 2.08 bits per heavy atom. The van der Waals surface area contributed by atoms with E-state index in [9.17, 15) is 10.4 Å². The van der Waals surface area contributed by atoms with Crippen LogP contribution in [0.3, 0.4) is 0 Å². The number of nitrogen functional groups attached to an aromatic ring is 2. The molecule has 11 rings (SSSR count). The van der Waals surface area contributed by atoms with E-state index in [1.165, 1.54) is 44.1 Å². The summed E-state index contributed by atoms with van der Waals surface area (Å²) in [4.78, 5) is 6.29. The van der Waals surface area contributed by atoms with Crippen LogP contribution in [-0.4, -0.2) is 31.3 Å². The number of hydrogen-bond acceptors (Lipinski definition) is 5. The third-order valence-corrected chi connectivity index (χ3v) is 12.1. The maximum absolute atomic E-state index is 12.7. The first kappa shape index (κ1) is 27.6. The standard InChI is InChI=1S/C43H30N6O/c1-47-29(20-44)38-39(34-25-6-2-4-21-12-16-48-18-14-23-8-10-27(45)36(34)32(23)41(48)30(21)25)43(50)40(38)35-26-7-3-5-22-13-17-49-19-15-24-9-11-28(46)37(35)33(24)42(49)31(22)26/h2-11H,12-19,45-46H2/p+1. The van der Waals surface area contributed by atoms with E-state index in [0.717, 1.165) is 95.0 Å². The molecule has 0 amide bonds. The maximum atomic E-state index is 12.7. The molecule has 238 valence electrons. The molecule has 6 aromatic carbocycles. The third-order valence-electron chi connectivity index (χ3n) is 12.1. The largest absolute Gasteiger partial charge is 0.507 e. The summed E-state index contributed by atoms with van der Waals surface area (Å²) in [6, 6.07) is 23.2. The van der Waals surface area contributed by atoms with Gasteiger partial charge in [0.2, 0.25) is 5.36 Å². The van der Waals surface area contributed by atoms with E-state index >= 15 is 0 Å². The minimum atomic E-state index is -0.0538. The second-order valence-corrected chi connectivity index (χ2v) is 14.3. The van der Waals surface area contributed by atoms with Gasteiger partial charge in [0.05, 0.1) is 29.1 Å². The van der Waals surface area contributed by atoms with Crippen LogP contribution in [0.4, 0.5) is 17.1 Å².